The van der Waals surface area contributed by atoms with Crippen molar-refractivity contribution in [1.82, 2.24) is 15.1 Å². The van der Waals surface area contributed by atoms with Crippen LogP contribution in [0, 0.1) is 0 Å². The normalized spacial score (nSPS) is 18.8. The van der Waals surface area contributed by atoms with E-state index in [9.17, 15) is 27.6 Å². The summed E-state index contributed by atoms with van der Waals surface area (Å²) in [7, 11) is 0. The molecule has 204 valence electrons. The zero-order valence-electron chi connectivity index (χ0n) is 20.2. The van der Waals surface area contributed by atoms with Crippen LogP contribution in [0.1, 0.15) is 12.0 Å². The molecule has 2 fully saturated rings. The van der Waals surface area contributed by atoms with E-state index in [1.54, 1.807) is 6.07 Å². The number of carbonyl (C=O) groups excluding carboxylic acids is 3. The first-order valence-electron chi connectivity index (χ1n) is 12.0. The van der Waals surface area contributed by atoms with E-state index in [0.717, 1.165) is 12.1 Å². The van der Waals surface area contributed by atoms with Crippen molar-refractivity contribution in [3.8, 4) is 0 Å². The van der Waals surface area contributed by atoms with Crippen LogP contribution in [0.4, 0.5) is 24.5 Å². The van der Waals surface area contributed by atoms with Crippen LogP contribution in [-0.2, 0) is 20.6 Å². The van der Waals surface area contributed by atoms with E-state index in [4.69, 9.17) is 23.2 Å². The third-order valence-corrected chi connectivity index (χ3v) is 6.88. The fourth-order valence-corrected chi connectivity index (χ4v) is 5.08. The van der Waals surface area contributed by atoms with E-state index in [1.807, 2.05) is 9.80 Å². The Hall–Kier alpha value is -3.02. The Kier molecular flexibility index (Phi) is 8.69. The largest absolute Gasteiger partial charge is 0.416 e. The van der Waals surface area contributed by atoms with Gasteiger partial charge in [-0.25, -0.2) is 0 Å². The van der Waals surface area contributed by atoms with E-state index in [-0.39, 0.29) is 32.0 Å². The molecule has 2 aliphatic heterocycles. The molecule has 2 aliphatic rings. The third kappa shape index (κ3) is 7.09. The summed E-state index contributed by atoms with van der Waals surface area (Å²) >= 11 is 11.9. The average Bonchev–Trinajstić information content (AvgIpc) is 2.84. The SMILES string of the molecule is O=C(C[C@H]1C(=O)NCCN1C(=O)CN1CCN(c2cccc(C(F)(F)F)c2)CC1)Nc1cc(Cl)cc(Cl)c1. The summed E-state index contributed by atoms with van der Waals surface area (Å²) in [4.78, 5) is 43.5. The highest BCUT2D eigenvalue weighted by molar-refractivity contribution is 6.35. The number of piperazine rings is 2. The second-order valence-electron chi connectivity index (χ2n) is 9.12. The number of halogens is 5. The van der Waals surface area contributed by atoms with E-state index in [2.05, 4.69) is 10.6 Å². The first kappa shape index (κ1) is 28.0. The minimum absolute atomic E-state index is 0.0335. The van der Waals surface area contributed by atoms with Gasteiger partial charge in [0.05, 0.1) is 18.5 Å². The third-order valence-electron chi connectivity index (χ3n) is 6.45. The van der Waals surface area contributed by atoms with E-state index < -0.39 is 29.6 Å². The molecule has 0 aliphatic carbocycles. The highest BCUT2D eigenvalue weighted by Crippen LogP contribution is 2.32. The van der Waals surface area contributed by atoms with Crippen molar-refractivity contribution in [3.05, 3.63) is 58.1 Å². The highest BCUT2D eigenvalue weighted by atomic mass is 35.5. The van der Waals surface area contributed by atoms with E-state index in [1.165, 1.54) is 29.2 Å². The second-order valence-corrected chi connectivity index (χ2v) is 9.99. The van der Waals surface area contributed by atoms with Gasteiger partial charge in [-0.05, 0) is 36.4 Å². The number of nitrogens with zero attached hydrogens (tertiary/aromatic N) is 3. The lowest BCUT2D eigenvalue weighted by molar-refractivity contribution is -0.145. The van der Waals surface area contributed by atoms with Crippen LogP contribution in [0.3, 0.4) is 0 Å². The predicted octanol–water partition coefficient (Wildman–Crippen LogP) is 3.49. The quantitative estimate of drug-likeness (QED) is 0.554. The minimum Gasteiger partial charge on any atom is -0.369 e. The number of amides is 3. The van der Waals surface area contributed by atoms with Crippen LogP contribution < -0.4 is 15.5 Å². The van der Waals surface area contributed by atoms with Gasteiger partial charge < -0.3 is 20.4 Å². The number of benzene rings is 2. The first-order chi connectivity index (χ1) is 18.0. The van der Waals surface area contributed by atoms with E-state index in [0.29, 0.717) is 47.6 Å². The van der Waals surface area contributed by atoms with Crippen LogP contribution in [0.2, 0.25) is 10.0 Å². The second kappa shape index (κ2) is 11.8. The Balaban J connectivity index is 1.33. The molecule has 38 heavy (non-hydrogen) atoms. The van der Waals surface area contributed by atoms with Gasteiger partial charge in [0, 0.05) is 60.7 Å². The topological polar surface area (TPSA) is 85.0 Å². The summed E-state index contributed by atoms with van der Waals surface area (Å²) in [6.45, 7) is 2.38. The summed E-state index contributed by atoms with van der Waals surface area (Å²) in [6.07, 6.45) is -4.66. The van der Waals surface area contributed by atoms with Gasteiger partial charge in [-0.15, -0.1) is 0 Å². The molecule has 2 saturated heterocycles. The minimum atomic E-state index is -4.42. The maximum atomic E-state index is 13.2. The fourth-order valence-electron chi connectivity index (χ4n) is 4.56. The lowest BCUT2D eigenvalue weighted by Crippen LogP contribution is -2.60. The molecule has 4 rings (SSSR count). The van der Waals surface area contributed by atoms with Gasteiger partial charge >= 0.3 is 6.18 Å². The smallest absolute Gasteiger partial charge is 0.369 e. The summed E-state index contributed by atoms with van der Waals surface area (Å²) in [5.41, 5.74) is 0.148. The zero-order chi connectivity index (χ0) is 27.4. The monoisotopic (exact) mass is 571 g/mol. The number of anilines is 2. The molecule has 0 radical (unpaired) electrons. The molecule has 2 N–H and O–H groups in total. The summed E-state index contributed by atoms with van der Waals surface area (Å²) in [5.74, 6) is -1.19. The number of hydrogen-bond acceptors (Lipinski definition) is 5. The van der Waals surface area contributed by atoms with Gasteiger partial charge in [-0.3, -0.25) is 19.3 Å². The van der Waals surface area contributed by atoms with Gasteiger partial charge in [0.2, 0.25) is 17.7 Å². The van der Waals surface area contributed by atoms with Crippen LogP contribution in [-0.4, -0.2) is 79.4 Å². The molecule has 0 saturated carbocycles. The van der Waals surface area contributed by atoms with Crippen molar-refractivity contribution in [1.29, 1.82) is 0 Å². The van der Waals surface area contributed by atoms with Crippen LogP contribution in [0.25, 0.3) is 0 Å². The maximum Gasteiger partial charge on any atom is 0.416 e. The molecule has 8 nitrogen and oxygen atoms in total. The number of carbonyl (C=O) groups is 3. The standard InChI is InChI=1S/C25H26Cl2F3N5O3/c26-17-11-18(27)13-19(12-17)32-22(36)14-21-24(38)31-4-5-35(21)23(37)15-33-6-8-34(9-7-33)20-3-1-2-16(10-20)25(28,29)30/h1-3,10-13,21H,4-9,14-15H2,(H,31,38)(H,32,36)/t21-/m0/s1. The summed E-state index contributed by atoms with van der Waals surface area (Å²) in [6, 6.07) is 8.77. The maximum absolute atomic E-state index is 13.2. The molecule has 13 heteroatoms. The fraction of sp³-hybridized carbons (Fsp3) is 0.400. The lowest BCUT2D eigenvalue weighted by atomic mass is 10.1. The van der Waals surface area contributed by atoms with E-state index >= 15 is 0 Å². The lowest BCUT2D eigenvalue weighted by Gasteiger charge is -2.39. The van der Waals surface area contributed by atoms with Crippen LogP contribution in [0.15, 0.2) is 42.5 Å². The molecule has 0 spiro atoms. The van der Waals surface area contributed by atoms with Gasteiger partial charge in [-0.2, -0.15) is 13.2 Å². The molecular formula is C25H26Cl2F3N5O3. The van der Waals surface area contributed by atoms with Crippen molar-refractivity contribution < 1.29 is 27.6 Å². The highest BCUT2D eigenvalue weighted by Gasteiger charge is 2.36. The molecule has 2 aromatic carbocycles. The molecule has 0 unspecified atom stereocenters. The Labute approximate surface area is 227 Å². The van der Waals surface area contributed by atoms with Crippen molar-refractivity contribution in [2.45, 2.75) is 18.6 Å². The van der Waals surface area contributed by atoms with Gasteiger partial charge in [-0.1, -0.05) is 29.3 Å². The van der Waals surface area contributed by atoms with Gasteiger partial charge in [0.15, 0.2) is 0 Å². The Morgan fingerprint density at radius 1 is 1.00 bits per heavy atom. The van der Waals surface area contributed by atoms with Crippen molar-refractivity contribution in [3.63, 3.8) is 0 Å². The molecule has 2 aromatic rings. The molecule has 3 amide bonds. The molecule has 1 atom stereocenters. The Bertz CT molecular complexity index is 1180. The predicted molar refractivity (Wildman–Crippen MR) is 138 cm³/mol. The number of rotatable bonds is 6. The van der Waals surface area contributed by atoms with Gasteiger partial charge in [0.1, 0.15) is 6.04 Å². The first-order valence-corrected chi connectivity index (χ1v) is 12.7. The summed E-state index contributed by atoms with van der Waals surface area (Å²) < 4.78 is 39.2. The molecule has 0 bridgehead atoms. The molecule has 0 aromatic heterocycles. The van der Waals surface area contributed by atoms with Crippen molar-refractivity contribution in [2.75, 3.05) is 56.0 Å². The summed E-state index contributed by atoms with van der Waals surface area (Å²) in [5, 5.41) is 6.03. The van der Waals surface area contributed by atoms with Crippen molar-refractivity contribution >= 4 is 52.3 Å². The molecular weight excluding hydrogens is 546 g/mol. The number of nitrogens with one attached hydrogen (secondary N) is 2. The Morgan fingerprint density at radius 3 is 2.34 bits per heavy atom. The van der Waals surface area contributed by atoms with Gasteiger partial charge in [0.25, 0.3) is 0 Å². The zero-order valence-corrected chi connectivity index (χ0v) is 21.7. The Morgan fingerprint density at radius 2 is 1.68 bits per heavy atom. The average molecular weight is 572 g/mol. The number of alkyl halides is 3. The number of hydrogen-bond donors (Lipinski definition) is 2. The van der Waals surface area contributed by atoms with Crippen molar-refractivity contribution in [2.24, 2.45) is 0 Å². The molecule has 2 heterocycles. The van der Waals surface area contributed by atoms with Crippen LogP contribution in [0.5, 0.6) is 0 Å². The van der Waals surface area contributed by atoms with Crippen LogP contribution >= 0.6 is 23.2 Å².